The largest absolute Gasteiger partial charge is 0.573 e. The minimum absolute atomic E-state index is 0.118. The van der Waals surface area contributed by atoms with Crippen LogP contribution in [-0.4, -0.2) is 12.3 Å². The van der Waals surface area contributed by atoms with Gasteiger partial charge in [-0.15, -0.1) is 13.2 Å². The minimum atomic E-state index is -4.73. The van der Waals surface area contributed by atoms with Crippen LogP contribution in [0, 0.1) is 23.7 Å². The molecule has 3 rings (SSSR count). The second kappa shape index (κ2) is 11.9. The van der Waals surface area contributed by atoms with Crippen LogP contribution in [0.5, 0.6) is 11.5 Å². The van der Waals surface area contributed by atoms with E-state index in [9.17, 15) is 18.0 Å². The molecule has 0 heterocycles. The molecule has 0 unspecified atom stereocenters. The van der Waals surface area contributed by atoms with Crippen molar-refractivity contribution >= 4 is 5.97 Å². The quantitative estimate of drug-likeness (QED) is 0.215. The SMILES string of the molecule is CCCCCC[C@H]1CC[C@H](C2CCC(C(=O)Oc3ccc(OC(F)(F)F)cc3)CC2)CC1. The number of ether oxygens (including phenoxy) is 2. The first kappa shape index (κ1) is 24.9. The highest BCUT2D eigenvalue weighted by Gasteiger charge is 2.34. The molecule has 2 aliphatic rings. The minimum Gasteiger partial charge on any atom is -0.426 e. The normalized spacial score (nSPS) is 26.5. The van der Waals surface area contributed by atoms with E-state index in [4.69, 9.17) is 4.74 Å². The van der Waals surface area contributed by atoms with Crippen molar-refractivity contribution in [1.29, 1.82) is 0 Å². The number of halogens is 3. The molecule has 0 saturated heterocycles. The zero-order valence-electron chi connectivity index (χ0n) is 19.2. The summed E-state index contributed by atoms with van der Waals surface area (Å²) in [4.78, 5) is 12.5. The summed E-state index contributed by atoms with van der Waals surface area (Å²) in [6.07, 6.45) is 11.3. The standard InChI is InChI=1S/C26H37F3O3/c1-2-3-4-5-6-19-7-9-20(10-8-19)21-11-13-22(14-12-21)25(30)31-23-15-17-24(18-16-23)32-26(27,28)29/h15-22H,2-14H2,1H3/t19-,20-,21?,22?. The van der Waals surface area contributed by atoms with Gasteiger partial charge in [0.1, 0.15) is 11.5 Å². The first-order chi connectivity index (χ1) is 15.3. The van der Waals surface area contributed by atoms with Crippen LogP contribution in [0.2, 0.25) is 0 Å². The van der Waals surface area contributed by atoms with Crippen molar-refractivity contribution in [2.24, 2.45) is 23.7 Å². The zero-order chi connectivity index (χ0) is 23.0. The summed E-state index contributed by atoms with van der Waals surface area (Å²) in [5.41, 5.74) is 0. The van der Waals surface area contributed by atoms with Crippen LogP contribution in [0.25, 0.3) is 0 Å². The van der Waals surface area contributed by atoms with Crippen molar-refractivity contribution in [2.75, 3.05) is 0 Å². The van der Waals surface area contributed by atoms with Crippen LogP contribution in [-0.2, 0) is 4.79 Å². The molecular formula is C26H37F3O3. The van der Waals surface area contributed by atoms with Crippen LogP contribution in [0.3, 0.4) is 0 Å². The van der Waals surface area contributed by atoms with E-state index in [2.05, 4.69) is 11.7 Å². The number of alkyl halides is 3. The van der Waals surface area contributed by atoms with Crippen molar-refractivity contribution in [3.05, 3.63) is 24.3 Å². The summed E-state index contributed by atoms with van der Waals surface area (Å²) in [7, 11) is 0. The molecule has 3 nitrogen and oxygen atoms in total. The predicted octanol–water partition coefficient (Wildman–Crippen LogP) is 8.07. The van der Waals surface area contributed by atoms with Gasteiger partial charge in [0.05, 0.1) is 5.92 Å². The molecule has 0 radical (unpaired) electrons. The number of benzene rings is 1. The molecule has 1 aromatic carbocycles. The van der Waals surface area contributed by atoms with Crippen molar-refractivity contribution in [3.8, 4) is 11.5 Å². The Balaban J connectivity index is 1.36. The van der Waals surface area contributed by atoms with Crippen LogP contribution >= 0.6 is 0 Å². The Morgan fingerprint density at radius 2 is 1.41 bits per heavy atom. The first-order valence-corrected chi connectivity index (χ1v) is 12.4. The van der Waals surface area contributed by atoms with Gasteiger partial charge in [-0.3, -0.25) is 4.79 Å². The lowest BCUT2D eigenvalue weighted by molar-refractivity contribution is -0.274. The number of unbranched alkanes of at least 4 members (excludes halogenated alkanes) is 3. The van der Waals surface area contributed by atoms with Gasteiger partial charge in [0.2, 0.25) is 0 Å². The fourth-order valence-electron chi connectivity index (χ4n) is 5.54. The van der Waals surface area contributed by atoms with Gasteiger partial charge >= 0.3 is 12.3 Å². The Morgan fingerprint density at radius 1 is 0.844 bits per heavy atom. The second-order valence-corrected chi connectivity index (χ2v) is 9.68. The van der Waals surface area contributed by atoms with Crippen molar-refractivity contribution in [3.63, 3.8) is 0 Å². The van der Waals surface area contributed by atoms with Crippen LogP contribution in [0.15, 0.2) is 24.3 Å². The highest BCUT2D eigenvalue weighted by molar-refractivity contribution is 5.75. The Kier molecular flexibility index (Phi) is 9.30. The predicted molar refractivity (Wildman–Crippen MR) is 118 cm³/mol. The maximum absolute atomic E-state index is 12.5. The lowest BCUT2D eigenvalue weighted by Crippen LogP contribution is -2.30. The molecule has 180 valence electrons. The van der Waals surface area contributed by atoms with Gasteiger partial charge in [0.25, 0.3) is 0 Å². The van der Waals surface area contributed by atoms with Gasteiger partial charge in [-0.05, 0) is 80.5 Å². The van der Waals surface area contributed by atoms with E-state index in [-0.39, 0.29) is 23.4 Å². The number of hydrogen-bond acceptors (Lipinski definition) is 3. The molecular weight excluding hydrogens is 417 g/mol. The summed E-state index contributed by atoms with van der Waals surface area (Å²) in [6.45, 7) is 2.26. The molecule has 6 heteroatoms. The Bertz CT molecular complexity index is 685. The van der Waals surface area contributed by atoms with Gasteiger partial charge in [-0.2, -0.15) is 0 Å². The second-order valence-electron chi connectivity index (χ2n) is 9.68. The van der Waals surface area contributed by atoms with Gasteiger partial charge in [-0.1, -0.05) is 51.9 Å². The van der Waals surface area contributed by atoms with Crippen molar-refractivity contribution in [2.45, 2.75) is 96.8 Å². The third-order valence-corrected chi connectivity index (χ3v) is 7.40. The van der Waals surface area contributed by atoms with Crippen molar-refractivity contribution in [1.82, 2.24) is 0 Å². The number of carbonyl (C=O) groups excluding carboxylic acids is 1. The smallest absolute Gasteiger partial charge is 0.426 e. The van der Waals surface area contributed by atoms with E-state index >= 15 is 0 Å². The number of carbonyl (C=O) groups is 1. The number of hydrogen-bond donors (Lipinski definition) is 0. The molecule has 0 bridgehead atoms. The van der Waals surface area contributed by atoms with E-state index in [0.717, 1.165) is 55.6 Å². The molecule has 2 fully saturated rings. The summed E-state index contributed by atoms with van der Waals surface area (Å²) in [5.74, 6) is 1.98. The van der Waals surface area contributed by atoms with E-state index < -0.39 is 6.36 Å². The molecule has 1 aromatic rings. The topological polar surface area (TPSA) is 35.5 Å². The van der Waals surface area contributed by atoms with E-state index in [1.807, 2.05) is 0 Å². The summed E-state index contributed by atoms with van der Waals surface area (Å²) in [5, 5.41) is 0. The summed E-state index contributed by atoms with van der Waals surface area (Å²) < 4.78 is 46.0. The highest BCUT2D eigenvalue weighted by Crippen LogP contribution is 2.42. The fourth-order valence-corrected chi connectivity index (χ4v) is 5.54. The lowest BCUT2D eigenvalue weighted by atomic mass is 9.68. The molecule has 2 aliphatic carbocycles. The summed E-state index contributed by atoms with van der Waals surface area (Å²) in [6, 6.07) is 5.00. The monoisotopic (exact) mass is 454 g/mol. The third-order valence-electron chi connectivity index (χ3n) is 7.40. The fraction of sp³-hybridized carbons (Fsp3) is 0.731. The van der Waals surface area contributed by atoms with Gasteiger partial charge in [-0.25, -0.2) is 0 Å². The van der Waals surface area contributed by atoms with Crippen LogP contribution in [0.4, 0.5) is 13.2 Å². The first-order valence-electron chi connectivity index (χ1n) is 12.4. The molecule has 0 amide bonds. The van der Waals surface area contributed by atoms with Crippen LogP contribution in [0.1, 0.15) is 90.4 Å². The van der Waals surface area contributed by atoms with Crippen LogP contribution < -0.4 is 9.47 Å². The number of esters is 1. The lowest BCUT2D eigenvalue weighted by Gasteiger charge is -2.37. The third kappa shape index (κ3) is 8.00. The zero-order valence-corrected chi connectivity index (χ0v) is 19.2. The molecule has 0 aromatic heterocycles. The molecule has 0 atom stereocenters. The van der Waals surface area contributed by atoms with E-state index in [0.29, 0.717) is 0 Å². The summed E-state index contributed by atoms with van der Waals surface area (Å²) >= 11 is 0. The molecule has 0 spiro atoms. The average Bonchev–Trinajstić information content (AvgIpc) is 2.78. The van der Waals surface area contributed by atoms with Gasteiger partial charge < -0.3 is 9.47 Å². The Hall–Kier alpha value is -1.72. The molecule has 2 saturated carbocycles. The van der Waals surface area contributed by atoms with Gasteiger partial charge in [0.15, 0.2) is 0 Å². The molecule has 0 aliphatic heterocycles. The van der Waals surface area contributed by atoms with Crippen molar-refractivity contribution < 1.29 is 27.4 Å². The maximum atomic E-state index is 12.5. The van der Waals surface area contributed by atoms with E-state index in [1.165, 1.54) is 69.9 Å². The number of rotatable bonds is 9. The Morgan fingerprint density at radius 3 is 1.97 bits per heavy atom. The Labute approximate surface area is 190 Å². The molecule has 32 heavy (non-hydrogen) atoms. The van der Waals surface area contributed by atoms with E-state index in [1.54, 1.807) is 0 Å². The highest BCUT2D eigenvalue weighted by atomic mass is 19.4. The molecule has 0 N–H and O–H groups in total. The maximum Gasteiger partial charge on any atom is 0.573 e. The van der Waals surface area contributed by atoms with Gasteiger partial charge in [0, 0.05) is 0 Å². The average molecular weight is 455 g/mol.